The number of hydrogen-bond acceptors (Lipinski definition) is 1. The Kier molecular flexibility index (Phi) is 3.74. The molecule has 4 heteroatoms. The Labute approximate surface area is 87.5 Å². The van der Waals surface area contributed by atoms with Crippen LogP contribution in [0.4, 0.5) is 13.2 Å². The Morgan fingerprint density at radius 1 is 1.20 bits per heavy atom. The van der Waals surface area contributed by atoms with Gasteiger partial charge >= 0.3 is 6.18 Å². The molecular weight excluding hydrogens is 203 g/mol. The van der Waals surface area contributed by atoms with Crippen LogP contribution < -0.4 is 0 Å². The van der Waals surface area contributed by atoms with Crippen molar-refractivity contribution in [3.05, 3.63) is 35.4 Å². The fourth-order valence-electron chi connectivity index (χ4n) is 1.26. The molecule has 0 saturated heterocycles. The highest BCUT2D eigenvalue weighted by Gasteiger charge is 2.30. The maximum atomic E-state index is 12.4. The fraction of sp³-hybridized carbons (Fsp3) is 0.455. The molecule has 0 amide bonds. The highest BCUT2D eigenvalue weighted by atomic mass is 19.4. The van der Waals surface area contributed by atoms with Crippen molar-refractivity contribution in [2.75, 3.05) is 20.6 Å². The molecule has 0 fully saturated rings. The molecule has 84 valence electrons. The lowest BCUT2D eigenvalue weighted by molar-refractivity contribution is -0.137. The van der Waals surface area contributed by atoms with E-state index in [1.807, 2.05) is 19.0 Å². The molecule has 1 aromatic rings. The summed E-state index contributed by atoms with van der Waals surface area (Å²) in [5.74, 6) is 0. The van der Waals surface area contributed by atoms with Crippen LogP contribution in [-0.4, -0.2) is 25.5 Å². The summed E-state index contributed by atoms with van der Waals surface area (Å²) in [6.45, 7) is 0.751. The van der Waals surface area contributed by atoms with Gasteiger partial charge in [0.05, 0.1) is 5.56 Å². The molecule has 15 heavy (non-hydrogen) atoms. The summed E-state index contributed by atoms with van der Waals surface area (Å²) in [6.07, 6.45) is -3.61. The molecular formula is C11H14F3N. The summed E-state index contributed by atoms with van der Waals surface area (Å²) in [6, 6.07) is 5.48. The van der Waals surface area contributed by atoms with E-state index in [1.54, 1.807) is 6.07 Å². The molecule has 1 rings (SSSR count). The summed E-state index contributed by atoms with van der Waals surface area (Å²) < 4.78 is 37.1. The zero-order chi connectivity index (χ0) is 11.5. The lowest BCUT2D eigenvalue weighted by atomic mass is 10.1. The summed E-state index contributed by atoms with van der Waals surface area (Å²) in [4.78, 5) is 1.94. The van der Waals surface area contributed by atoms with Gasteiger partial charge in [0.1, 0.15) is 0 Å². The molecule has 0 spiro atoms. The zero-order valence-electron chi connectivity index (χ0n) is 8.80. The average Bonchev–Trinajstić information content (AvgIpc) is 2.14. The third-order valence-electron chi connectivity index (χ3n) is 2.10. The summed E-state index contributed by atoms with van der Waals surface area (Å²) in [5.41, 5.74) is 0.150. The molecule has 0 N–H and O–H groups in total. The van der Waals surface area contributed by atoms with Gasteiger partial charge in [-0.25, -0.2) is 0 Å². The van der Waals surface area contributed by atoms with Gasteiger partial charge in [-0.15, -0.1) is 0 Å². The van der Waals surface area contributed by atoms with Crippen LogP contribution in [0.5, 0.6) is 0 Å². The second-order valence-electron chi connectivity index (χ2n) is 3.75. The van der Waals surface area contributed by atoms with E-state index in [9.17, 15) is 13.2 Å². The fourth-order valence-corrected chi connectivity index (χ4v) is 1.26. The largest absolute Gasteiger partial charge is 0.416 e. The molecule has 0 bridgehead atoms. The summed E-state index contributed by atoms with van der Waals surface area (Å²) >= 11 is 0. The van der Waals surface area contributed by atoms with Crippen LogP contribution in [0.15, 0.2) is 24.3 Å². The number of likely N-dealkylation sites (N-methyl/N-ethyl adjacent to an activating group) is 1. The molecule has 0 aliphatic carbocycles. The Hall–Kier alpha value is -1.03. The van der Waals surface area contributed by atoms with Crippen LogP contribution in [-0.2, 0) is 12.6 Å². The lowest BCUT2D eigenvalue weighted by Crippen LogP contribution is -2.15. The van der Waals surface area contributed by atoms with Gasteiger partial charge in [0.25, 0.3) is 0 Å². The highest BCUT2D eigenvalue weighted by Crippen LogP contribution is 2.29. The van der Waals surface area contributed by atoms with Crippen molar-refractivity contribution in [3.63, 3.8) is 0 Å². The summed E-state index contributed by atoms with van der Waals surface area (Å²) in [5, 5.41) is 0. The number of halogens is 3. The molecule has 0 atom stereocenters. The molecule has 1 aromatic carbocycles. The summed E-state index contributed by atoms with van der Waals surface area (Å²) in [7, 11) is 3.79. The van der Waals surface area contributed by atoms with Gasteiger partial charge in [-0.3, -0.25) is 0 Å². The van der Waals surface area contributed by atoms with Crippen molar-refractivity contribution in [3.8, 4) is 0 Å². The SMILES string of the molecule is CN(C)CCc1cccc(C(F)(F)F)c1. The van der Waals surface area contributed by atoms with Crippen molar-refractivity contribution < 1.29 is 13.2 Å². The first-order valence-corrected chi connectivity index (χ1v) is 4.70. The quantitative estimate of drug-likeness (QED) is 0.752. The molecule has 0 unspecified atom stereocenters. The minimum absolute atomic E-state index is 0.571. The van der Waals surface area contributed by atoms with Crippen LogP contribution in [0, 0.1) is 0 Å². The van der Waals surface area contributed by atoms with E-state index in [4.69, 9.17) is 0 Å². The monoisotopic (exact) mass is 217 g/mol. The average molecular weight is 217 g/mol. The standard InChI is InChI=1S/C11H14F3N/c1-15(2)7-6-9-4-3-5-10(8-9)11(12,13)14/h3-5,8H,6-7H2,1-2H3. The zero-order valence-corrected chi connectivity index (χ0v) is 8.80. The van der Waals surface area contributed by atoms with E-state index in [2.05, 4.69) is 0 Å². The van der Waals surface area contributed by atoms with Gasteiger partial charge in [0.15, 0.2) is 0 Å². The highest BCUT2D eigenvalue weighted by molar-refractivity contribution is 5.25. The molecule has 0 aliphatic rings. The number of alkyl halides is 3. The van der Waals surface area contributed by atoms with Gasteiger partial charge in [0, 0.05) is 6.54 Å². The van der Waals surface area contributed by atoms with Crippen LogP contribution in [0.2, 0.25) is 0 Å². The topological polar surface area (TPSA) is 3.24 Å². The first kappa shape index (κ1) is 12.0. The minimum atomic E-state index is -4.24. The van der Waals surface area contributed by atoms with Crippen molar-refractivity contribution in [1.82, 2.24) is 4.90 Å². The Morgan fingerprint density at radius 3 is 2.40 bits per heavy atom. The van der Waals surface area contributed by atoms with Gasteiger partial charge < -0.3 is 4.90 Å². The van der Waals surface area contributed by atoms with Crippen LogP contribution in [0.1, 0.15) is 11.1 Å². The second kappa shape index (κ2) is 4.66. The number of hydrogen-bond donors (Lipinski definition) is 0. The predicted octanol–water partition coefficient (Wildman–Crippen LogP) is 2.81. The third kappa shape index (κ3) is 3.91. The molecule has 0 heterocycles. The Balaban J connectivity index is 2.75. The normalized spacial score (nSPS) is 12.1. The maximum Gasteiger partial charge on any atom is 0.416 e. The molecule has 0 aromatic heterocycles. The van der Waals surface area contributed by atoms with Crippen molar-refractivity contribution in [2.24, 2.45) is 0 Å². The van der Waals surface area contributed by atoms with Gasteiger partial charge in [-0.05, 0) is 32.1 Å². The van der Waals surface area contributed by atoms with Gasteiger partial charge in [-0.1, -0.05) is 18.2 Å². The van der Waals surface area contributed by atoms with Crippen molar-refractivity contribution in [1.29, 1.82) is 0 Å². The number of nitrogens with zero attached hydrogens (tertiary/aromatic N) is 1. The van der Waals surface area contributed by atoms with Crippen LogP contribution in [0.25, 0.3) is 0 Å². The number of rotatable bonds is 3. The van der Waals surface area contributed by atoms with Gasteiger partial charge in [-0.2, -0.15) is 13.2 Å². The van der Waals surface area contributed by atoms with E-state index in [-0.39, 0.29) is 0 Å². The van der Waals surface area contributed by atoms with Crippen LogP contribution in [0.3, 0.4) is 0 Å². The number of benzene rings is 1. The first-order valence-electron chi connectivity index (χ1n) is 4.70. The predicted molar refractivity (Wildman–Crippen MR) is 53.7 cm³/mol. The minimum Gasteiger partial charge on any atom is -0.309 e. The smallest absolute Gasteiger partial charge is 0.309 e. The van der Waals surface area contributed by atoms with Crippen molar-refractivity contribution >= 4 is 0 Å². The maximum absolute atomic E-state index is 12.4. The molecule has 1 nitrogen and oxygen atoms in total. The van der Waals surface area contributed by atoms with E-state index < -0.39 is 11.7 Å². The second-order valence-corrected chi connectivity index (χ2v) is 3.75. The molecule has 0 radical (unpaired) electrons. The van der Waals surface area contributed by atoms with E-state index in [1.165, 1.54) is 12.1 Å². The third-order valence-corrected chi connectivity index (χ3v) is 2.10. The van der Waals surface area contributed by atoms with Gasteiger partial charge in [0.2, 0.25) is 0 Å². The van der Waals surface area contributed by atoms with Crippen LogP contribution >= 0.6 is 0 Å². The Bertz CT molecular complexity index is 318. The molecule has 0 aliphatic heterocycles. The van der Waals surface area contributed by atoms with E-state index >= 15 is 0 Å². The van der Waals surface area contributed by atoms with E-state index in [0.717, 1.165) is 18.2 Å². The lowest BCUT2D eigenvalue weighted by Gasteiger charge is -2.11. The molecule has 0 saturated carbocycles. The van der Waals surface area contributed by atoms with E-state index in [0.29, 0.717) is 6.42 Å². The van der Waals surface area contributed by atoms with Crippen molar-refractivity contribution in [2.45, 2.75) is 12.6 Å². The Morgan fingerprint density at radius 2 is 1.87 bits per heavy atom. The first-order chi connectivity index (χ1) is 6.89.